The highest BCUT2D eigenvalue weighted by Gasteiger charge is 2.81. The lowest BCUT2D eigenvalue weighted by molar-refractivity contribution is -0.395. The molecule has 0 amide bonds. The van der Waals surface area contributed by atoms with E-state index in [1.165, 1.54) is 0 Å². The van der Waals surface area contributed by atoms with Crippen molar-refractivity contribution in [3.05, 3.63) is 11.7 Å². The molecule has 0 aliphatic carbocycles. The molecule has 24 heavy (non-hydrogen) atoms. The molecule has 0 spiro atoms. The highest BCUT2D eigenvalue weighted by Crippen LogP contribution is 2.54. The van der Waals surface area contributed by atoms with Crippen molar-refractivity contribution < 1.29 is 57.8 Å². The van der Waals surface area contributed by atoms with Gasteiger partial charge in [-0.05, 0) is 13.8 Å². The lowest BCUT2D eigenvalue weighted by Gasteiger charge is -2.33. The molecule has 0 saturated carbocycles. The molecule has 0 aliphatic heterocycles. The Morgan fingerprint density at radius 1 is 0.875 bits per heavy atom. The van der Waals surface area contributed by atoms with Crippen LogP contribution in [0, 0.1) is 0 Å². The zero-order valence-corrected chi connectivity index (χ0v) is 11.8. The van der Waals surface area contributed by atoms with Crippen LogP contribution in [0.25, 0.3) is 0 Å². The Balaban J connectivity index is 5.82. The van der Waals surface area contributed by atoms with Crippen LogP contribution in [0.5, 0.6) is 0 Å². The van der Waals surface area contributed by atoms with Gasteiger partial charge in [0.1, 0.15) is 5.57 Å². The first-order chi connectivity index (χ1) is 10.4. The first-order valence-corrected chi connectivity index (χ1v) is 5.83. The molecule has 0 radical (unpaired) electrons. The molecule has 2 nitrogen and oxygen atoms in total. The normalized spacial score (nSPS) is 13.9. The number of carbonyl (C=O) groups is 1. The summed E-state index contributed by atoms with van der Waals surface area (Å²) in [6.45, 7) is 2.10. The van der Waals surface area contributed by atoms with Crippen molar-refractivity contribution in [3.8, 4) is 0 Å². The van der Waals surface area contributed by atoms with E-state index in [-0.39, 0.29) is 0 Å². The van der Waals surface area contributed by atoms with Crippen molar-refractivity contribution in [1.29, 1.82) is 0 Å². The fourth-order valence-electron chi connectivity index (χ4n) is 1.24. The molecule has 0 atom stereocenters. The maximum atomic E-state index is 13.2. The van der Waals surface area contributed by atoms with Crippen molar-refractivity contribution >= 4 is 5.97 Å². The number of esters is 1. The Morgan fingerprint density at radius 3 is 1.58 bits per heavy atom. The van der Waals surface area contributed by atoms with Gasteiger partial charge in [0.15, 0.2) is 0 Å². The maximum absolute atomic E-state index is 13.2. The molecule has 142 valence electrons. The second-order valence-electron chi connectivity index (χ2n) is 4.72. The Kier molecular flexibility index (Phi) is 6.31. The molecule has 0 heterocycles. The number of halogens is 11. The van der Waals surface area contributed by atoms with Gasteiger partial charge in [-0.3, -0.25) is 0 Å². The summed E-state index contributed by atoms with van der Waals surface area (Å²) < 4.78 is 142. The average Bonchev–Trinajstić information content (AvgIpc) is 2.32. The number of hydrogen-bond acceptors (Lipinski definition) is 2. The maximum Gasteiger partial charge on any atom is 0.460 e. The van der Waals surface area contributed by atoms with Crippen molar-refractivity contribution in [2.24, 2.45) is 0 Å². The van der Waals surface area contributed by atoms with Crippen LogP contribution in [-0.4, -0.2) is 36.0 Å². The lowest BCUT2D eigenvalue weighted by atomic mass is 9.97. The first kappa shape index (κ1) is 22.4. The third-order valence-corrected chi connectivity index (χ3v) is 2.43. The average molecular weight is 382 g/mol. The van der Waals surface area contributed by atoms with Crippen LogP contribution in [-0.2, 0) is 9.53 Å². The van der Waals surface area contributed by atoms with Gasteiger partial charge in [0.05, 0.1) is 12.5 Å². The molecule has 0 aromatic carbocycles. The molecular formula is C11H9F11O2. The van der Waals surface area contributed by atoms with Gasteiger partial charge in [0, 0.05) is 0 Å². The van der Waals surface area contributed by atoms with E-state index in [1.807, 2.05) is 0 Å². The third kappa shape index (κ3) is 4.29. The van der Waals surface area contributed by atoms with Gasteiger partial charge in [-0.1, -0.05) is 0 Å². The van der Waals surface area contributed by atoms with E-state index >= 15 is 0 Å². The minimum absolute atomic E-state index is 1.05. The summed E-state index contributed by atoms with van der Waals surface area (Å²) >= 11 is 0. The monoisotopic (exact) mass is 382 g/mol. The van der Waals surface area contributed by atoms with Crippen LogP contribution in [0.1, 0.15) is 20.3 Å². The molecule has 0 saturated heterocycles. The van der Waals surface area contributed by atoms with Crippen molar-refractivity contribution in [3.63, 3.8) is 0 Å². The highest BCUT2D eigenvalue weighted by atomic mass is 19.4. The number of carbonyl (C=O) groups excluding carboxylic acids is 1. The molecule has 0 rings (SSSR count). The molecule has 13 heteroatoms. The van der Waals surface area contributed by atoms with E-state index in [0.29, 0.717) is 0 Å². The minimum Gasteiger partial charge on any atom is -0.459 e. The summed E-state index contributed by atoms with van der Waals surface area (Å²) in [5.41, 5.74) is -2.44. The molecule has 0 fully saturated rings. The van der Waals surface area contributed by atoms with Gasteiger partial charge in [-0.2, -0.15) is 48.3 Å². The van der Waals surface area contributed by atoms with Crippen molar-refractivity contribution in [1.82, 2.24) is 0 Å². The Morgan fingerprint density at radius 2 is 1.29 bits per heavy atom. The first-order valence-electron chi connectivity index (χ1n) is 5.83. The molecule has 0 aromatic rings. The number of hydrogen-bond donors (Lipinski definition) is 0. The molecule has 0 aliphatic rings. The molecule has 0 aromatic heterocycles. The van der Waals surface area contributed by atoms with E-state index in [2.05, 4.69) is 4.74 Å². The van der Waals surface area contributed by atoms with Crippen LogP contribution < -0.4 is 0 Å². The van der Waals surface area contributed by atoms with Crippen LogP contribution in [0.3, 0.4) is 0 Å². The van der Waals surface area contributed by atoms with Gasteiger partial charge >= 0.3 is 29.9 Å². The zero-order valence-electron chi connectivity index (χ0n) is 11.8. The second kappa shape index (κ2) is 6.75. The van der Waals surface area contributed by atoms with Gasteiger partial charge in [-0.15, -0.1) is 0 Å². The Hall–Kier alpha value is -1.56. The second-order valence-corrected chi connectivity index (χ2v) is 4.72. The SMILES string of the molecule is CC(C)OC(=O)C(CC(F)(F)C(F)(F)C(F)(F)C(F)(F)F)=C(F)F. The van der Waals surface area contributed by atoms with Crippen LogP contribution in [0.2, 0.25) is 0 Å². The van der Waals surface area contributed by atoms with E-state index in [0.717, 1.165) is 13.8 Å². The summed E-state index contributed by atoms with van der Waals surface area (Å²) in [4.78, 5) is 11.1. The predicted molar refractivity (Wildman–Crippen MR) is 56.0 cm³/mol. The summed E-state index contributed by atoms with van der Waals surface area (Å²) in [5.74, 6) is -22.9. The van der Waals surface area contributed by atoms with Gasteiger partial charge < -0.3 is 4.74 Å². The van der Waals surface area contributed by atoms with Gasteiger partial charge in [-0.25, -0.2) is 4.79 Å². The highest BCUT2D eigenvalue weighted by molar-refractivity contribution is 5.89. The molecular weight excluding hydrogens is 373 g/mol. The summed E-state index contributed by atoms with van der Waals surface area (Å²) in [6, 6.07) is 0. The van der Waals surface area contributed by atoms with Crippen LogP contribution in [0.15, 0.2) is 11.7 Å². The standard InChI is InChI=1S/C11H9F11O2/c1-4(2)24-7(23)5(6(12)13)3-8(14,15)9(16,17)10(18,19)11(20,21)22/h4H,3H2,1-2H3. The Bertz CT molecular complexity index is 501. The van der Waals surface area contributed by atoms with Gasteiger partial charge in [0.25, 0.3) is 6.08 Å². The van der Waals surface area contributed by atoms with E-state index in [9.17, 15) is 53.1 Å². The van der Waals surface area contributed by atoms with Crippen LogP contribution >= 0.6 is 0 Å². The van der Waals surface area contributed by atoms with Crippen molar-refractivity contribution in [2.75, 3.05) is 0 Å². The fraction of sp³-hybridized carbons (Fsp3) is 0.727. The number of alkyl halides is 9. The van der Waals surface area contributed by atoms with Crippen LogP contribution in [0.4, 0.5) is 48.3 Å². The third-order valence-electron chi connectivity index (χ3n) is 2.43. The number of rotatable bonds is 6. The lowest BCUT2D eigenvalue weighted by Crippen LogP contribution is -2.61. The molecule has 0 bridgehead atoms. The van der Waals surface area contributed by atoms with E-state index in [1.54, 1.807) is 0 Å². The largest absolute Gasteiger partial charge is 0.460 e. The fourth-order valence-corrected chi connectivity index (χ4v) is 1.24. The topological polar surface area (TPSA) is 26.3 Å². The summed E-state index contributed by atoms with van der Waals surface area (Å²) in [7, 11) is 0. The quantitative estimate of drug-likeness (QED) is 0.369. The van der Waals surface area contributed by atoms with Crippen molar-refractivity contribution in [2.45, 2.75) is 50.3 Å². The predicted octanol–water partition coefficient (Wildman–Crippen LogP) is 4.95. The Labute approximate surface area is 127 Å². The minimum atomic E-state index is -7.23. The van der Waals surface area contributed by atoms with E-state index < -0.39 is 54.1 Å². The smallest absolute Gasteiger partial charge is 0.459 e. The zero-order chi connectivity index (χ0) is 19.7. The van der Waals surface area contributed by atoms with Gasteiger partial charge in [0.2, 0.25) is 0 Å². The molecule has 0 N–H and O–H groups in total. The summed E-state index contributed by atoms with van der Waals surface area (Å²) in [6.07, 6.45) is -14.6. The van der Waals surface area contributed by atoms with E-state index in [4.69, 9.17) is 0 Å². The summed E-state index contributed by atoms with van der Waals surface area (Å²) in [5, 5.41) is 0. The number of ether oxygens (including phenoxy) is 1. The molecule has 0 unspecified atom stereocenters.